The minimum Gasteiger partial charge on any atom is -0.353 e. The number of halogens is 1. The molecule has 1 aromatic carbocycles. The van der Waals surface area contributed by atoms with Gasteiger partial charge in [0.1, 0.15) is 0 Å². The standard InChI is InChI=1S/C20H30N4O.HI/c1-13(2)19(25)24-10-9-15(12-24)22-20(21-4)23-18-11-17(18)16-8-6-5-7-14(16)3;/h5-8,13,15,17-18H,9-12H2,1-4H3,(H2,21,22,23);1H. The number of nitrogens with one attached hydrogen (secondary N) is 2. The van der Waals surface area contributed by atoms with Crippen molar-refractivity contribution < 1.29 is 4.79 Å². The Hall–Kier alpha value is -1.31. The number of rotatable bonds is 4. The van der Waals surface area contributed by atoms with Crippen LogP contribution in [0.15, 0.2) is 29.3 Å². The molecule has 1 aliphatic carbocycles. The Kier molecular flexibility index (Phi) is 7.32. The summed E-state index contributed by atoms with van der Waals surface area (Å²) in [5, 5.41) is 7.04. The molecule has 1 aromatic rings. The first-order chi connectivity index (χ1) is 12.0. The molecular formula is C20H31IN4O. The molecule has 5 nitrogen and oxygen atoms in total. The number of hydrogen-bond donors (Lipinski definition) is 2. The quantitative estimate of drug-likeness (QED) is 0.404. The van der Waals surface area contributed by atoms with E-state index in [2.05, 4.69) is 46.8 Å². The highest BCUT2D eigenvalue weighted by Gasteiger charge is 2.40. The van der Waals surface area contributed by atoms with Crippen molar-refractivity contribution in [2.75, 3.05) is 20.1 Å². The molecule has 1 amide bonds. The molecule has 0 aromatic heterocycles. The van der Waals surface area contributed by atoms with Gasteiger partial charge in [0.05, 0.1) is 0 Å². The van der Waals surface area contributed by atoms with E-state index in [1.807, 2.05) is 25.8 Å². The first-order valence-electron chi connectivity index (χ1n) is 9.33. The molecule has 1 saturated carbocycles. The van der Waals surface area contributed by atoms with Crippen molar-refractivity contribution in [2.24, 2.45) is 10.9 Å². The normalized spacial score (nSPS) is 25.0. The lowest BCUT2D eigenvalue weighted by molar-refractivity contribution is -0.133. The summed E-state index contributed by atoms with van der Waals surface area (Å²) in [7, 11) is 1.81. The van der Waals surface area contributed by atoms with Crippen molar-refractivity contribution in [3.05, 3.63) is 35.4 Å². The topological polar surface area (TPSA) is 56.7 Å². The average molecular weight is 470 g/mol. The zero-order valence-electron chi connectivity index (χ0n) is 16.2. The van der Waals surface area contributed by atoms with Gasteiger partial charge in [-0.3, -0.25) is 9.79 Å². The highest BCUT2D eigenvalue weighted by Crippen LogP contribution is 2.42. The molecule has 0 radical (unpaired) electrons. The van der Waals surface area contributed by atoms with Gasteiger partial charge in [-0.05, 0) is 30.9 Å². The van der Waals surface area contributed by atoms with Gasteiger partial charge in [-0.15, -0.1) is 24.0 Å². The van der Waals surface area contributed by atoms with E-state index in [9.17, 15) is 4.79 Å². The fourth-order valence-corrected chi connectivity index (χ4v) is 3.68. The molecule has 2 N–H and O–H groups in total. The van der Waals surface area contributed by atoms with Crippen LogP contribution in [0, 0.1) is 12.8 Å². The number of benzene rings is 1. The van der Waals surface area contributed by atoms with Crippen molar-refractivity contribution in [1.29, 1.82) is 0 Å². The summed E-state index contributed by atoms with van der Waals surface area (Å²) in [4.78, 5) is 18.5. The molecule has 144 valence electrons. The second-order valence-electron chi connectivity index (χ2n) is 7.59. The van der Waals surface area contributed by atoms with Crippen LogP contribution in [0.25, 0.3) is 0 Å². The third kappa shape index (κ3) is 4.90. The lowest BCUT2D eigenvalue weighted by atomic mass is 10.0. The van der Waals surface area contributed by atoms with Crippen LogP contribution in [0.4, 0.5) is 0 Å². The van der Waals surface area contributed by atoms with E-state index in [1.54, 1.807) is 0 Å². The number of amides is 1. The minimum absolute atomic E-state index is 0. The largest absolute Gasteiger partial charge is 0.353 e. The first-order valence-corrected chi connectivity index (χ1v) is 9.33. The first kappa shape index (κ1) is 21.0. The maximum Gasteiger partial charge on any atom is 0.225 e. The zero-order chi connectivity index (χ0) is 18.0. The molecule has 1 saturated heterocycles. The lowest BCUT2D eigenvalue weighted by Gasteiger charge is -2.20. The van der Waals surface area contributed by atoms with Crippen LogP contribution >= 0.6 is 24.0 Å². The van der Waals surface area contributed by atoms with E-state index in [1.165, 1.54) is 11.1 Å². The molecule has 3 atom stereocenters. The van der Waals surface area contributed by atoms with Crippen molar-refractivity contribution in [3.63, 3.8) is 0 Å². The predicted octanol–water partition coefficient (Wildman–Crippen LogP) is 2.89. The van der Waals surface area contributed by atoms with Crippen LogP contribution in [-0.2, 0) is 4.79 Å². The van der Waals surface area contributed by atoms with E-state index in [4.69, 9.17) is 0 Å². The minimum atomic E-state index is 0. The summed E-state index contributed by atoms with van der Waals surface area (Å²) < 4.78 is 0. The number of likely N-dealkylation sites (tertiary alicyclic amines) is 1. The van der Waals surface area contributed by atoms with Gasteiger partial charge in [0.2, 0.25) is 5.91 Å². The third-order valence-corrected chi connectivity index (χ3v) is 5.26. The second-order valence-corrected chi connectivity index (χ2v) is 7.59. The van der Waals surface area contributed by atoms with Gasteiger partial charge in [0.25, 0.3) is 0 Å². The number of guanidine groups is 1. The molecule has 0 bridgehead atoms. The molecule has 3 unspecified atom stereocenters. The Balaban J connectivity index is 0.00000243. The van der Waals surface area contributed by atoms with Crippen molar-refractivity contribution in [1.82, 2.24) is 15.5 Å². The van der Waals surface area contributed by atoms with E-state index in [0.29, 0.717) is 12.0 Å². The molecule has 6 heteroatoms. The monoisotopic (exact) mass is 470 g/mol. The number of aryl methyl sites for hydroxylation is 1. The second kappa shape index (κ2) is 9.06. The van der Waals surface area contributed by atoms with Crippen LogP contribution in [0.5, 0.6) is 0 Å². The van der Waals surface area contributed by atoms with Gasteiger partial charge in [-0.25, -0.2) is 0 Å². The van der Waals surface area contributed by atoms with Crippen LogP contribution in [-0.4, -0.2) is 49.0 Å². The Morgan fingerprint density at radius 3 is 2.65 bits per heavy atom. The summed E-state index contributed by atoms with van der Waals surface area (Å²) in [5.74, 6) is 1.74. The summed E-state index contributed by atoms with van der Waals surface area (Å²) in [6.45, 7) is 7.70. The van der Waals surface area contributed by atoms with E-state index >= 15 is 0 Å². The SMILES string of the molecule is CN=C(NC1CCN(C(=O)C(C)C)C1)NC1CC1c1ccccc1C.I. The fraction of sp³-hybridized carbons (Fsp3) is 0.600. The van der Waals surface area contributed by atoms with E-state index < -0.39 is 0 Å². The van der Waals surface area contributed by atoms with Gasteiger partial charge >= 0.3 is 0 Å². The summed E-state index contributed by atoms with van der Waals surface area (Å²) in [6.07, 6.45) is 2.12. The van der Waals surface area contributed by atoms with Crippen LogP contribution in [0.3, 0.4) is 0 Å². The average Bonchev–Trinajstić information content (AvgIpc) is 3.19. The highest BCUT2D eigenvalue weighted by atomic mass is 127. The number of carbonyl (C=O) groups is 1. The number of nitrogens with zero attached hydrogens (tertiary/aromatic N) is 2. The van der Waals surface area contributed by atoms with E-state index in [-0.39, 0.29) is 41.8 Å². The predicted molar refractivity (Wildman–Crippen MR) is 117 cm³/mol. The Morgan fingerprint density at radius 1 is 1.27 bits per heavy atom. The molecule has 0 spiro atoms. The van der Waals surface area contributed by atoms with Crippen molar-refractivity contribution in [3.8, 4) is 0 Å². The maximum absolute atomic E-state index is 12.1. The lowest BCUT2D eigenvalue weighted by Crippen LogP contribution is -2.46. The molecule has 1 heterocycles. The fourth-order valence-electron chi connectivity index (χ4n) is 3.68. The number of hydrogen-bond acceptors (Lipinski definition) is 2. The zero-order valence-corrected chi connectivity index (χ0v) is 18.5. The third-order valence-electron chi connectivity index (χ3n) is 5.26. The maximum atomic E-state index is 12.1. The molecular weight excluding hydrogens is 439 g/mol. The van der Waals surface area contributed by atoms with Crippen molar-refractivity contribution in [2.45, 2.75) is 51.6 Å². The molecule has 3 rings (SSSR count). The van der Waals surface area contributed by atoms with Crippen LogP contribution < -0.4 is 10.6 Å². The summed E-state index contributed by atoms with van der Waals surface area (Å²) >= 11 is 0. The number of aliphatic imine (C=N–C) groups is 1. The van der Waals surface area contributed by atoms with Gasteiger partial charge in [0, 0.05) is 44.1 Å². The van der Waals surface area contributed by atoms with E-state index in [0.717, 1.165) is 31.9 Å². The van der Waals surface area contributed by atoms with Gasteiger partial charge in [-0.1, -0.05) is 38.1 Å². The summed E-state index contributed by atoms with van der Waals surface area (Å²) in [6, 6.07) is 9.34. The van der Waals surface area contributed by atoms with Gasteiger partial charge < -0.3 is 15.5 Å². The Morgan fingerprint density at radius 2 is 2.00 bits per heavy atom. The van der Waals surface area contributed by atoms with Crippen LogP contribution in [0.2, 0.25) is 0 Å². The smallest absolute Gasteiger partial charge is 0.225 e. The molecule has 1 aliphatic heterocycles. The van der Waals surface area contributed by atoms with Gasteiger partial charge in [-0.2, -0.15) is 0 Å². The Labute approximate surface area is 174 Å². The highest BCUT2D eigenvalue weighted by molar-refractivity contribution is 14.0. The summed E-state index contributed by atoms with van der Waals surface area (Å²) in [5.41, 5.74) is 2.79. The molecule has 2 fully saturated rings. The Bertz CT molecular complexity index is 661. The molecule has 26 heavy (non-hydrogen) atoms. The molecule has 2 aliphatic rings. The van der Waals surface area contributed by atoms with Crippen molar-refractivity contribution >= 4 is 35.8 Å². The number of carbonyl (C=O) groups excluding carboxylic acids is 1. The van der Waals surface area contributed by atoms with Gasteiger partial charge in [0.15, 0.2) is 5.96 Å². The van der Waals surface area contributed by atoms with Crippen LogP contribution in [0.1, 0.15) is 43.7 Å².